The number of benzene rings is 1. The molecule has 29 heavy (non-hydrogen) atoms. The summed E-state index contributed by atoms with van der Waals surface area (Å²) in [6, 6.07) is 6.01. The molecule has 2 N–H and O–H groups in total. The number of nitrogens with one attached hydrogen (secondary N) is 2. The number of rotatable bonds is 9. The van der Waals surface area contributed by atoms with E-state index >= 15 is 0 Å². The summed E-state index contributed by atoms with van der Waals surface area (Å²) < 4.78 is 0. The van der Waals surface area contributed by atoms with E-state index in [0.29, 0.717) is 18.6 Å². The van der Waals surface area contributed by atoms with Gasteiger partial charge in [0.15, 0.2) is 5.13 Å². The van der Waals surface area contributed by atoms with Gasteiger partial charge in [-0.05, 0) is 39.8 Å². The summed E-state index contributed by atoms with van der Waals surface area (Å²) in [5.74, 6) is -0.754. The van der Waals surface area contributed by atoms with Crippen molar-refractivity contribution in [3.05, 3.63) is 51.0 Å². The van der Waals surface area contributed by atoms with Crippen molar-refractivity contribution in [2.24, 2.45) is 0 Å². The molecule has 10 heteroatoms. The highest BCUT2D eigenvalue weighted by molar-refractivity contribution is 7.14. The maximum absolute atomic E-state index is 12.3. The SMILES string of the molecule is CC(C)N(CCNC(=O)c1csc(NC(=O)c2ccc([N+](=O)[O-])cc2)n1)C(C)C. The van der Waals surface area contributed by atoms with Crippen LogP contribution in [0.3, 0.4) is 0 Å². The number of non-ortho nitro benzene ring substituents is 1. The van der Waals surface area contributed by atoms with Crippen LogP contribution in [0.4, 0.5) is 10.8 Å². The summed E-state index contributed by atoms with van der Waals surface area (Å²) in [5, 5.41) is 18.0. The molecule has 1 aromatic heterocycles. The zero-order chi connectivity index (χ0) is 21.6. The highest BCUT2D eigenvalue weighted by Gasteiger charge is 2.16. The van der Waals surface area contributed by atoms with Gasteiger partial charge in [-0.25, -0.2) is 4.98 Å². The topological polar surface area (TPSA) is 117 Å². The molecule has 0 fully saturated rings. The van der Waals surface area contributed by atoms with Gasteiger partial charge in [-0.3, -0.25) is 29.9 Å². The minimum absolute atomic E-state index is 0.0942. The fourth-order valence-corrected chi connectivity index (χ4v) is 3.53. The Morgan fingerprint density at radius 1 is 1.14 bits per heavy atom. The first-order valence-electron chi connectivity index (χ1n) is 9.24. The molecule has 0 radical (unpaired) electrons. The standard InChI is InChI=1S/C19H25N5O4S/c1-12(2)23(13(3)4)10-9-20-18(26)16-11-29-19(21-16)22-17(25)14-5-7-15(8-6-14)24(27)28/h5-8,11-13H,9-10H2,1-4H3,(H,20,26)(H,21,22,25). The second kappa shape index (κ2) is 10.1. The highest BCUT2D eigenvalue weighted by atomic mass is 32.1. The Kier molecular flexibility index (Phi) is 7.80. The Bertz CT molecular complexity index is 856. The van der Waals surface area contributed by atoms with Gasteiger partial charge >= 0.3 is 0 Å². The van der Waals surface area contributed by atoms with Gasteiger partial charge in [-0.2, -0.15) is 0 Å². The summed E-state index contributed by atoms with van der Waals surface area (Å²) in [4.78, 5) is 41.1. The molecule has 2 rings (SSSR count). The Morgan fingerprint density at radius 2 is 1.76 bits per heavy atom. The van der Waals surface area contributed by atoms with Gasteiger partial charge in [0.25, 0.3) is 17.5 Å². The summed E-state index contributed by atoms with van der Waals surface area (Å²) in [6.07, 6.45) is 0. The van der Waals surface area contributed by atoms with E-state index in [-0.39, 0.29) is 28.0 Å². The van der Waals surface area contributed by atoms with Crippen molar-refractivity contribution in [1.82, 2.24) is 15.2 Å². The van der Waals surface area contributed by atoms with Crippen LogP contribution in [0.25, 0.3) is 0 Å². The number of nitro benzene ring substituents is 1. The van der Waals surface area contributed by atoms with E-state index in [2.05, 4.69) is 48.2 Å². The van der Waals surface area contributed by atoms with Crippen molar-refractivity contribution in [3.8, 4) is 0 Å². The Balaban J connectivity index is 1.90. The van der Waals surface area contributed by atoms with E-state index < -0.39 is 10.8 Å². The number of aromatic nitrogens is 1. The molecule has 0 atom stereocenters. The summed E-state index contributed by atoms with van der Waals surface area (Å²) in [7, 11) is 0. The second-order valence-electron chi connectivity index (χ2n) is 6.98. The van der Waals surface area contributed by atoms with Crippen LogP contribution in [0.1, 0.15) is 48.5 Å². The minimum Gasteiger partial charge on any atom is -0.349 e. The van der Waals surface area contributed by atoms with Gasteiger partial charge in [0.2, 0.25) is 0 Å². The molecule has 9 nitrogen and oxygen atoms in total. The third-order valence-corrected chi connectivity index (χ3v) is 5.04. The lowest BCUT2D eigenvalue weighted by Gasteiger charge is -2.30. The predicted molar refractivity (Wildman–Crippen MR) is 112 cm³/mol. The molecular formula is C19H25N5O4S. The average Bonchev–Trinajstić information content (AvgIpc) is 3.13. The molecule has 0 aliphatic heterocycles. The predicted octanol–water partition coefficient (Wildman–Crippen LogP) is 3.15. The number of carbonyl (C=O) groups is 2. The molecule has 1 heterocycles. The van der Waals surface area contributed by atoms with Gasteiger partial charge in [0.1, 0.15) is 5.69 Å². The monoisotopic (exact) mass is 419 g/mol. The van der Waals surface area contributed by atoms with Crippen LogP contribution in [0.5, 0.6) is 0 Å². The van der Waals surface area contributed by atoms with Gasteiger partial charge in [-0.15, -0.1) is 11.3 Å². The fraction of sp³-hybridized carbons (Fsp3) is 0.421. The van der Waals surface area contributed by atoms with Crippen molar-refractivity contribution >= 4 is 34.0 Å². The molecular weight excluding hydrogens is 394 g/mol. The highest BCUT2D eigenvalue weighted by Crippen LogP contribution is 2.18. The molecule has 0 unspecified atom stereocenters. The first kappa shape index (κ1) is 22.4. The lowest BCUT2D eigenvalue weighted by atomic mass is 10.2. The van der Waals surface area contributed by atoms with Crippen LogP contribution >= 0.6 is 11.3 Å². The van der Waals surface area contributed by atoms with Crippen LogP contribution in [-0.2, 0) is 0 Å². The first-order chi connectivity index (χ1) is 13.7. The first-order valence-corrected chi connectivity index (χ1v) is 10.1. The van der Waals surface area contributed by atoms with Crippen LogP contribution < -0.4 is 10.6 Å². The number of nitro groups is 1. The quantitative estimate of drug-likeness (QED) is 0.476. The van der Waals surface area contributed by atoms with E-state index in [9.17, 15) is 19.7 Å². The van der Waals surface area contributed by atoms with Crippen LogP contribution in [0.2, 0.25) is 0 Å². The Morgan fingerprint density at radius 3 is 2.31 bits per heavy atom. The molecule has 0 saturated carbocycles. The number of carbonyl (C=O) groups excluding carboxylic acids is 2. The molecule has 0 aliphatic rings. The normalized spacial score (nSPS) is 11.1. The van der Waals surface area contributed by atoms with Gasteiger partial charge in [0.05, 0.1) is 4.92 Å². The van der Waals surface area contributed by atoms with E-state index in [1.165, 1.54) is 24.3 Å². The van der Waals surface area contributed by atoms with Gasteiger partial charge in [0, 0.05) is 48.2 Å². The average molecular weight is 420 g/mol. The molecule has 0 bridgehead atoms. The second-order valence-corrected chi connectivity index (χ2v) is 7.84. The lowest BCUT2D eigenvalue weighted by Crippen LogP contribution is -2.42. The largest absolute Gasteiger partial charge is 0.349 e. The van der Waals surface area contributed by atoms with Crippen LogP contribution in [0, 0.1) is 10.1 Å². The molecule has 2 amide bonds. The number of thiazole rings is 1. The Hall–Kier alpha value is -2.85. The van der Waals surface area contributed by atoms with E-state index in [1.54, 1.807) is 5.38 Å². The van der Waals surface area contributed by atoms with Gasteiger partial charge in [-0.1, -0.05) is 0 Å². The molecule has 1 aromatic carbocycles. The number of anilines is 1. The van der Waals surface area contributed by atoms with Gasteiger partial charge < -0.3 is 5.32 Å². The number of amides is 2. The molecule has 156 valence electrons. The summed E-state index contributed by atoms with van der Waals surface area (Å²) in [6.45, 7) is 9.68. The fourth-order valence-electron chi connectivity index (χ4n) is 2.84. The maximum Gasteiger partial charge on any atom is 0.270 e. The maximum atomic E-state index is 12.3. The number of hydrogen-bond acceptors (Lipinski definition) is 7. The molecule has 0 saturated heterocycles. The zero-order valence-corrected chi connectivity index (χ0v) is 17.7. The lowest BCUT2D eigenvalue weighted by molar-refractivity contribution is -0.384. The minimum atomic E-state index is -0.533. The van der Waals surface area contributed by atoms with Crippen molar-refractivity contribution in [2.75, 3.05) is 18.4 Å². The smallest absolute Gasteiger partial charge is 0.270 e. The summed E-state index contributed by atoms with van der Waals surface area (Å²) in [5.41, 5.74) is 0.400. The van der Waals surface area contributed by atoms with Crippen molar-refractivity contribution in [2.45, 2.75) is 39.8 Å². The third-order valence-electron chi connectivity index (χ3n) is 4.28. The van der Waals surface area contributed by atoms with Crippen molar-refractivity contribution < 1.29 is 14.5 Å². The third kappa shape index (κ3) is 6.33. The molecule has 0 aliphatic carbocycles. The van der Waals surface area contributed by atoms with E-state index in [4.69, 9.17) is 0 Å². The zero-order valence-electron chi connectivity index (χ0n) is 16.8. The van der Waals surface area contributed by atoms with E-state index in [1.807, 2.05) is 0 Å². The molecule has 2 aromatic rings. The number of nitrogens with zero attached hydrogens (tertiary/aromatic N) is 3. The van der Waals surface area contributed by atoms with Crippen molar-refractivity contribution in [3.63, 3.8) is 0 Å². The van der Waals surface area contributed by atoms with E-state index in [0.717, 1.165) is 17.9 Å². The van der Waals surface area contributed by atoms with Crippen LogP contribution in [0.15, 0.2) is 29.6 Å². The summed E-state index contributed by atoms with van der Waals surface area (Å²) >= 11 is 1.14. The van der Waals surface area contributed by atoms with Crippen LogP contribution in [-0.4, -0.2) is 51.8 Å². The molecule has 0 spiro atoms. The number of hydrogen-bond donors (Lipinski definition) is 2. The van der Waals surface area contributed by atoms with Crippen molar-refractivity contribution in [1.29, 1.82) is 0 Å². The Labute approximate surface area is 173 Å².